The number of methoxy groups -OCH3 is 1. The Morgan fingerprint density at radius 2 is 1.88 bits per heavy atom. The lowest BCUT2D eigenvalue weighted by Gasteiger charge is -2.10. The molecule has 0 aliphatic rings. The molecule has 1 heterocycles. The van der Waals surface area contributed by atoms with Crippen molar-refractivity contribution in [1.29, 1.82) is 0 Å². The zero-order valence-electron chi connectivity index (χ0n) is 14.2. The van der Waals surface area contributed by atoms with Crippen molar-refractivity contribution < 1.29 is 9.53 Å². The maximum Gasteiger partial charge on any atom is 0.337 e. The molecule has 1 aromatic heterocycles. The second kappa shape index (κ2) is 7.79. The molecule has 0 atom stereocenters. The van der Waals surface area contributed by atoms with Gasteiger partial charge in [0.25, 0.3) is 0 Å². The zero-order chi connectivity index (χ0) is 18.5. The molecule has 132 valence electrons. The van der Waals surface area contributed by atoms with Crippen molar-refractivity contribution >= 4 is 40.7 Å². The molecule has 0 saturated heterocycles. The number of halogens is 1. The van der Waals surface area contributed by atoms with Crippen LogP contribution in [0.25, 0.3) is 0 Å². The summed E-state index contributed by atoms with van der Waals surface area (Å²) < 4.78 is 4.71. The number of rotatable bonds is 5. The summed E-state index contributed by atoms with van der Waals surface area (Å²) in [7, 11) is 1.32. The summed E-state index contributed by atoms with van der Waals surface area (Å²) in [4.78, 5) is 16.0. The molecule has 8 heteroatoms. The molecule has 0 amide bonds. The zero-order valence-corrected chi connectivity index (χ0v) is 14.9. The first-order valence-corrected chi connectivity index (χ1v) is 8.11. The van der Waals surface area contributed by atoms with Gasteiger partial charge in [0.1, 0.15) is 0 Å². The summed E-state index contributed by atoms with van der Waals surface area (Å²) in [6, 6.07) is 12.6. The fraction of sp³-hybridized carbons (Fsp3) is 0.111. The predicted molar refractivity (Wildman–Crippen MR) is 100 cm³/mol. The van der Waals surface area contributed by atoms with Crippen LogP contribution in [0.3, 0.4) is 0 Å². The minimum Gasteiger partial charge on any atom is -0.465 e. The molecule has 0 aliphatic carbocycles. The summed E-state index contributed by atoms with van der Waals surface area (Å²) in [6.07, 6.45) is 1.51. The summed E-state index contributed by atoms with van der Waals surface area (Å²) in [5.41, 5.74) is 2.89. The largest absolute Gasteiger partial charge is 0.465 e. The van der Waals surface area contributed by atoms with Crippen molar-refractivity contribution in [2.75, 3.05) is 17.7 Å². The molecular formula is C18H16ClN5O2. The van der Waals surface area contributed by atoms with Crippen LogP contribution in [-0.2, 0) is 4.74 Å². The van der Waals surface area contributed by atoms with E-state index in [1.54, 1.807) is 18.2 Å². The highest BCUT2D eigenvalue weighted by Crippen LogP contribution is 2.26. The van der Waals surface area contributed by atoms with E-state index < -0.39 is 5.97 Å². The van der Waals surface area contributed by atoms with E-state index in [0.717, 1.165) is 5.69 Å². The number of aryl methyl sites for hydroxylation is 1. The fourth-order valence-electron chi connectivity index (χ4n) is 2.19. The van der Waals surface area contributed by atoms with E-state index >= 15 is 0 Å². The first-order chi connectivity index (χ1) is 12.5. The number of hydrogen-bond acceptors (Lipinski definition) is 7. The third-order valence-corrected chi connectivity index (χ3v) is 3.85. The third-order valence-electron chi connectivity index (χ3n) is 3.52. The lowest BCUT2D eigenvalue weighted by molar-refractivity contribution is 0.0601. The molecule has 2 N–H and O–H groups in total. The van der Waals surface area contributed by atoms with Gasteiger partial charge in [0, 0.05) is 5.69 Å². The normalized spacial score (nSPS) is 10.3. The van der Waals surface area contributed by atoms with Gasteiger partial charge in [-0.25, -0.2) is 4.79 Å². The van der Waals surface area contributed by atoms with Crippen molar-refractivity contribution in [3.05, 3.63) is 64.8 Å². The van der Waals surface area contributed by atoms with Crippen LogP contribution >= 0.6 is 11.6 Å². The number of esters is 1. The first-order valence-electron chi connectivity index (χ1n) is 7.73. The number of carbonyl (C=O) groups is 1. The lowest BCUT2D eigenvalue weighted by Crippen LogP contribution is -2.05. The van der Waals surface area contributed by atoms with Crippen LogP contribution in [0.1, 0.15) is 15.9 Å². The van der Waals surface area contributed by atoms with Crippen molar-refractivity contribution in [1.82, 2.24) is 15.2 Å². The number of anilines is 4. The fourth-order valence-corrected chi connectivity index (χ4v) is 2.35. The van der Waals surface area contributed by atoms with Gasteiger partial charge in [-0.2, -0.15) is 10.1 Å². The van der Waals surface area contributed by atoms with E-state index in [1.807, 2.05) is 31.2 Å². The molecule has 3 rings (SSSR count). The molecule has 0 bridgehead atoms. The molecule has 0 aliphatic heterocycles. The van der Waals surface area contributed by atoms with Crippen molar-refractivity contribution in [2.24, 2.45) is 0 Å². The average molecular weight is 370 g/mol. The van der Waals surface area contributed by atoms with Gasteiger partial charge >= 0.3 is 5.97 Å². The predicted octanol–water partition coefficient (Wildman–Crippen LogP) is 4.11. The maximum absolute atomic E-state index is 11.7. The Bertz CT molecular complexity index is 931. The number of hydrogen-bond donors (Lipinski definition) is 2. The smallest absolute Gasteiger partial charge is 0.337 e. The minimum absolute atomic E-state index is 0.242. The summed E-state index contributed by atoms with van der Waals surface area (Å²) in [5, 5.41) is 14.4. The van der Waals surface area contributed by atoms with Crippen LogP contribution in [0, 0.1) is 6.92 Å². The van der Waals surface area contributed by atoms with Crippen molar-refractivity contribution in [3.8, 4) is 0 Å². The van der Waals surface area contributed by atoms with E-state index in [1.165, 1.54) is 18.9 Å². The van der Waals surface area contributed by atoms with Crippen LogP contribution in [0.2, 0.25) is 5.02 Å². The SMILES string of the molecule is COC(=O)c1ccc(Cl)c(Nc2nncc(Nc3ccc(C)cc3)n2)c1. The summed E-state index contributed by atoms with van der Waals surface area (Å²) in [6.45, 7) is 2.02. The average Bonchev–Trinajstić information content (AvgIpc) is 2.65. The molecule has 0 spiro atoms. The highest BCUT2D eigenvalue weighted by Gasteiger charge is 2.10. The van der Waals surface area contributed by atoms with Crippen LogP contribution < -0.4 is 10.6 Å². The molecule has 26 heavy (non-hydrogen) atoms. The van der Waals surface area contributed by atoms with E-state index in [9.17, 15) is 4.79 Å². The van der Waals surface area contributed by atoms with Crippen LogP contribution in [0.4, 0.5) is 23.1 Å². The highest BCUT2D eigenvalue weighted by molar-refractivity contribution is 6.33. The van der Waals surface area contributed by atoms with Gasteiger partial charge in [-0.05, 0) is 37.3 Å². The van der Waals surface area contributed by atoms with Crippen molar-refractivity contribution in [3.63, 3.8) is 0 Å². The number of aromatic nitrogens is 3. The molecule has 3 aromatic rings. The topological polar surface area (TPSA) is 89.0 Å². The Kier molecular flexibility index (Phi) is 5.28. The second-order valence-electron chi connectivity index (χ2n) is 5.47. The van der Waals surface area contributed by atoms with Gasteiger partial charge in [0.2, 0.25) is 5.95 Å². The van der Waals surface area contributed by atoms with Crippen molar-refractivity contribution in [2.45, 2.75) is 6.92 Å². The van der Waals surface area contributed by atoms with E-state index in [4.69, 9.17) is 16.3 Å². The van der Waals surface area contributed by atoms with Gasteiger partial charge in [0.15, 0.2) is 5.82 Å². The number of benzene rings is 2. The van der Waals surface area contributed by atoms with E-state index in [-0.39, 0.29) is 5.95 Å². The summed E-state index contributed by atoms with van der Waals surface area (Å²) >= 11 is 6.17. The first kappa shape index (κ1) is 17.6. The Hall–Kier alpha value is -3.19. The monoisotopic (exact) mass is 369 g/mol. The number of carbonyl (C=O) groups excluding carboxylic acids is 1. The Balaban J connectivity index is 1.80. The molecule has 7 nitrogen and oxygen atoms in total. The molecule has 0 radical (unpaired) electrons. The Morgan fingerprint density at radius 1 is 1.12 bits per heavy atom. The highest BCUT2D eigenvalue weighted by atomic mass is 35.5. The Labute approximate surface area is 155 Å². The maximum atomic E-state index is 11.7. The van der Waals surface area contributed by atoms with Crippen LogP contribution in [0.5, 0.6) is 0 Å². The minimum atomic E-state index is -0.460. The lowest BCUT2D eigenvalue weighted by atomic mass is 10.2. The Morgan fingerprint density at radius 3 is 2.62 bits per heavy atom. The number of nitrogens with one attached hydrogen (secondary N) is 2. The standard InChI is InChI=1S/C18H16ClN5O2/c1-11-3-6-13(7-4-11)21-16-10-20-24-18(23-16)22-15-9-12(17(25)26-2)5-8-14(15)19/h3-10H,1-2H3,(H2,21,22,23,24). The van der Waals surface area contributed by atoms with E-state index in [0.29, 0.717) is 22.1 Å². The van der Waals surface area contributed by atoms with Gasteiger partial charge in [0.05, 0.1) is 29.6 Å². The summed E-state index contributed by atoms with van der Waals surface area (Å²) in [5.74, 6) is 0.302. The van der Waals surface area contributed by atoms with Gasteiger partial charge in [-0.3, -0.25) is 0 Å². The van der Waals surface area contributed by atoms with Crippen LogP contribution in [-0.4, -0.2) is 28.3 Å². The molecule has 2 aromatic carbocycles. The molecule has 0 fully saturated rings. The second-order valence-corrected chi connectivity index (χ2v) is 5.87. The van der Waals surface area contributed by atoms with Gasteiger partial charge in [-0.15, -0.1) is 5.10 Å². The molecular weight excluding hydrogens is 354 g/mol. The third kappa shape index (κ3) is 4.25. The van der Waals surface area contributed by atoms with Crippen LogP contribution in [0.15, 0.2) is 48.7 Å². The molecule has 0 unspecified atom stereocenters. The molecule has 0 saturated carbocycles. The number of nitrogens with zero attached hydrogens (tertiary/aromatic N) is 3. The van der Waals surface area contributed by atoms with E-state index in [2.05, 4.69) is 25.8 Å². The quantitative estimate of drug-likeness (QED) is 0.654. The number of ether oxygens (including phenoxy) is 1. The van der Waals surface area contributed by atoms with Gasteiger partial charge in [-0.1, -0.05) is 29.3 Å². The van der Waals surface area contributed by atoms with Gasteiger partial charge < -0.3 is 15.4 Å².